The first-order valence-corrected chi connectivity index (χ1v) is 7.72. The third-order valence-corrected chi connectivity index (χ3v) is 3.51. The smallest absolute Gasteiger partial charge is 0.326 e. The normalized spacial score (nSPS) is 11.6. The van der Waals surface area contributed by atoms with Crippen LogP contribution in [-0.2, 0) is 14.3 Å². The predicted octanol–water partition coefficient (Wildman–Crippen LogP) is 2.42. The molecule has 0 spiro atoms. The van der Waals surface area contributed by atoms with Crippen molar-refractivity contribution in [2.75, 3.05) is 18.6 Å². The van der Waals surface area contributed by atoms with E-state index in [9.17, 15) is 9.59 Å². The highest BCUT2D eigenvalue weighted by Crippen LogP contribution is 2.29. The van der Waals surface area contributed by atoms with Crippen LogP contribution in [0.25, 0.3) is 0 Å². The molecule has 0 aliphatic carbocycles. The van der Waals surface area contributed by atoms with Gasteiger partial charge >= 0.3 is 5.97 Å². The zero-order valence-corrected chi connectivity index (χ0v) is 14.8. The molecule has 7 nitrogen and oxygen atoms in total. The van der Waals surface area contributed by atoms with E-state index in [-0.39, 0.29) is 13.0 Å². The minimum Gasteiger partial charge on any atom is -0.495 e. The molecule has 1 aromatic rings. The topological polar surface area (TPSA) is 103 Å². The number of ether oxygens (including phenoxy) is 2. The van der Waals surface area contributed by atoms with Crippen LogP contribution >= 0.6 is 0 Å². The molecule has 0 N–H and O–H groups in total. The van der Waals surface area contributed by atoms with Gasteiger partial charge in [0.25, 0.3) is 5.91 Å². The van der Waals surface area contributed by atoms with E-state index in [0.717, 1.165) is 0 Å². The largest absolute Gasteiger partial charge is 0.495 e. The lowest BCUT2D eigenvalue weighted by Crippen LogP contribution is -2.42. The standard InChI is InChI=1S/C18H21N3O4/c1-13(25-17(23)18(2,3)12-20)16(22)21(11-7-10-19)14-8-5-6-9-15(14)24-4/h5-6,8-9,13H,7,11H2,1-4H3. The Morgan fingerprint density at radius 1 is 1.28 bits per heavy atom. The number of carbonyl (C=O) groups is 2. The first-order valence-electron chi connectivity index (χ1n) is 7.72. The second-order valence-corrected chi connectivity index (χ2v) is 5.85. The number of carbonyl (C=O) groups excluding carboxylic acids is 2. The predicted molar refractivity (Wildman–Crippen MR) is 90.5 cm³/mol. The number of amides is 1. The van der Waals surface area contributed by atoms with E-state index in [1.54, 1.807) is 24.3 Å². The average molecular weight is 343 g/mol. The average Bonchev–Trinajstić information content (AvgIpc) is 2.61. The van der Waals surface area contributed by atoms with Crippen molar-refractivity contribution in [3.05, 3.63) is 24.3 Å². The number of nitriles is 2. The maximum atomic E-state index is 12.8. The Morgan fingerprint density at radius 2 is 1.92 bits per heavy atom. The van der Waals surface area contributed by atoms with Crippen LogP contribution in [0, 0.1) is 28.1 Å². The second-order valence-electron chi connectivity index (χ2n) is 5.85. The van der Waals surface area contributed by atoms with Gasteiger partial charge in [0, 0.05) is 6.54 Å². The Bertz CT molecular complexity index is 716. The van der Waals surface area contributed by atoms with Gasteiger partial charge in [-0.15, -0.1) is 0 Å². The molecule has 0 radical (unpaired) electrons. The van der Waals surface area contributed by atoms with Crippen molar-refractivity contribution in [3.63, 3.8) is 0 Å². The van der Waals surface area contributed by atoms with Crippen LogP contribution in [0.4, 0.5) is 5.69 Å². The number of rotatable bonds is 7. The Balaban J connectivity index is 3.07. The quantitative estimate of drug-likeness (QED) is 0.704. The maximum absolute atomic E-state index is 12.8. The number of nitrogens with zero attached hydrogens (tertiary/aromatic N) is 3. The molecule has 0 aliphatic rings. The zero-order valence-electron chi connectivity index (χ0n) is 14.8. The molecule has 1 amide bonds. The minimum atomic E-state index is -1.35. The third kappa shape index (κ3) is 4.95. The summed E-state index contributed by atoms with van der Waals surface area (Å²) in [6, 6.07) is 10.7. The van der Waals surface area contributed by atoms with Crippen LogP contribution in [0.2, 0.25) is 0 Å². The van der Waals surface area contributed by atoms with E-state index in [4.69, 9.17) is 20.0 Å². The lowest BCUT2D eigenvalue weighted by molar-refractivity contribution is -0.160. The molecule has 0 saturated carbocycles. The molecule has 7 heteroatoms. The van der Waals surface area contributed by atoms with Gasteiger partial charge in [-0.1, -0.05) is 12.1 Å². The second kappa shape index (κ2) is 8.70. The summed E-state index contributed by atoms with van der Waals surface area (Å²) in [7, 11) is 1.48. The number of hydrogen-bond donors (Lipinski definition) is 0. The van der Waals surface area contributed by atoms with E-state index in [1.165, 1.54) is 32.8 Å². The molecule has 0 aromatic heterocycles. The minimum absolute atomic E-state index is 0.105. The monoisotopic (exact) mass is 343 g/mol. The van der Waals surface area contributed by atoms with E-state index in [2.05, 4.69) is 0 Å². The molecule has 1 unspecified atom stereocenters. The summed E-state index contributed by atoms with van der Waals surface area (Å²) in [5.41, 5.74) is -0.871. The number of anilines is 1. The van der Waals surface area contributed by atoms with Gasteiger partial charge in [-0.05, 0) is 32.9 Å². The van der Waals surface area contributed by atoms with Crippen LogP contribution in [0.5, 0.6) is 5.75 Å². The number of methoxy groups -OCH3 is 1. The molecule has 1 rings (SSSR count). The first-order chi connectivity index (χ1) is 11.8. The van der Waals surface area contributed by atoms with E-state index < -0.39 is 23.4 Å². The van der Waals surface area contributed by atoms with Gasteiger partial charge in [0.05, 0.1) is 31.4 Å². The summed E-state index contributed by atoms with van der Waals surface area (Å²) in [6.45, 7) is 4.39. The highest BCUT2D eigenvalue weighted by Gasteiger charge is 2.34. The fourth-order valence-electron chi connectivity index (χ4n) is 1.99. The van der Waals surface area contributed by atoms with Crippen LogP contribution in [0.3, 0.4) is 0 Å². The lowest BCUT2D eigenvalue weighted by Gasteiger charge is -2.27. The Labute approximate surface area is 147 Å². The van der Waals surface area contributed by atoms with Crippen molar-refractivity contribution in [1.82, 2.24) is 0 Å². The Kier molecular flexibility index (Phi) is 6.95. The summed E-state index contributed by atoms with van der Waals surface area (Å²) in [5.74, 6) is -0.817. The van der Waals surface area contributed by atoms with Crippen LogP contribution in [-0.4, -0.2) is 31.6 Å². The summed E-state index contributed by atoms with van der Waals surface area (Å²) in [5, 5.41) is 17.8. The zero-order chi connectivity index (χ0) is 19.0. The maximum Gasteiger partial charge on any atom is 0.326 e. The first kappa shape index (κ1) is 20.0. The van der Waals surface area contributed by atoms with Crippen LogP contribution in [0.1, 0.15) is 27.2 Å². The summed E-state index contributed by atoms with van der Waals surface area (Å²) < 4.78 is 10.4. The number of para-hydroxylation sites is 2. The fraction of sp³-hybridized carbons (Fsp3) is 0.444. The molecule has 1 atom stereocenters. The van der Waals surface area contributed by atoms with E-state index >= 15 is 0 Å². The number of esters is 1. The van der Waals surface area contributed by atoms with Gasteiger partial charge < -0.3 is 14.4 Å². The van der Waals surface area contributed by atoms with Crippen molar-refractivity contribution >= 4 is 17.6 Å². The van der Waals surface area contributed by atoms with Crippen LogP contribution < -0.4 is 9.64 Å². The van der Waals surface area contributed by atoms with Gasteiger partial charge in [0.1, 0.15) is 11.2 Å². The summed E-state index contributed by atoms with van der Waals surface area (Å²) in [4.78, 5) is 26.1. The van der Waals surface area contributed by atoms with Crippen molar-refractivity contribution in [3.8, 4) is 17.9 Å². The molecule has 25 heavy (non-hydrogen) atoms. The molecule has 0 saturated heterocycles. The molecule has 1 aromatic carbocycles. The third-order valence-electron chi connectivity index (χ3n) is 3.51. The Morgan fingerprint density at radius 3 is 2.48 bits per heavy atom. The summed E-state index contributed by atoms with van der Waals surface area (Å²) >= 11 is 0. The van der Waals surface area contributed by atoms with Gasteiger partial charge in [-0.3, -0.25) is 9.59 Å². The Hall–Kier alpha value is -3.06. The van der Waals surface area contributed by atoms with Crippen molar-refractivity contribution in [2.24, 2.45) is 5.41 Å². The molecular formula is C18H21N3O4. The number of benzene rings is 1. The highest BCUT2D eigenvalue weighted by atomic mass is 16.5. The SMILES string of the molecule is COc1ccccc1N(CCC#N)C(=O)C(C)OC(=O)C(C)(C)C#N. The molecule has 132 valence electrons. The van der Waals surface area contributed by atoms with Crippen molar-refractivity contribution < 1.29 is 19.1 Å². The van der Waals surface area contributed by atoms with Crippen molar-refractivity contribution in [2.45, 2.75) is 33.3 Å². The highest BCUT2D eigenvalue weighted by molar-refractivity contribution is 5.99. The van der Waals surface area contributed by atoms with Crippen LogP contribution in [0.15, 0.2) is 24.3 Å². The van der Waals surface area contributed by atoms with Gasteiger partial charge in [-0.2, -0.15) is 10.5 Å². The molecule has 0 heterocycles. The van der Waals surface area contributed by atoms with Gasteiger partial charge in [0.2, 0.25) is 0 Å². The van der Waals surface area contributed by atoms with E-state index in [1.807, 2.05) is 12.1 Å². The number of hydrogen-bond acceptors (Lipinski definition) is 6. The molecule has 0 bridgehead atoms. The molecule has 0 fully saturated rings. The van der Waals surface area contributed by atoms with Gasteiger partial charge in [-0.25, -0.2) is 0 Å². The molecule has 0 aliphatic heterocycles. The molecular weight excluding hydrogens is 322 g/mol. The van der Waals surface area contributed by atoms with E-state index in [0.29, 0.717) is 11.4 Å². The fourth-order valence-corrected chi connectivity index (χ4v) is 1.99. The summed E-state index contributed by atoms with van der Waals surface area (Å²) in [6.07, 6.45) is -1.00. The van der Waals surface area contributed by atoms with Crippen molar-refractivity contribution in [1.29, 1.82) is 10.5 Å². The van der Waals surface area contributed by atoms with Gasteiger partial charge in [0.15, 0.2) is 6.10 Å². The lowest BCUT2D eigenvalue weighted by atomic mass is 9.96.